The number of hydrogen-bond donors (Lipinski definition) is 2. The Morgan fingerprint density at radius 1 is 1.13 bits per heavy atom. The number of rotatable bonds is 3. The molecule has 6 rings (SSSR count). The number of H-pyrrole nitrogens is 1. The van der Waals surface area contributed by atoms with Crippen LogP contribution in [0, 0.1) is 11.2 Å². The zero-order valence-corrected chi connectivity index (χ0v) is 16.6. The lowest BCUT2D eigenvalue weighted by Gasteiger charge is -2.57. The summed E-state index contributed by atoms with van der Waals surface area (Å²) in [5.41, 5.74) is 1.91. The van der Waals surface area contributed by atoms with E-state index in [4.69, 9.17) is 0 Å². The Hall–Kier alpha value is -3.55. The maximum absolute atomic E-state index is 13.5. The van der Waals surface area contributed by atoms with Gasteiger partial charge in [0.05, 0.1) is 17.3 Å². The molecule has 0 saturated heterocycles. The van der Waals surface area contributed by atoms with Crippen molar-refractivity contribution in [2.75, 3.05) is 0 Å². The van der Waals surface area contributed by atoms with Crippen molar-refractivity contribution < 1.29 is 9.18 Å². The maximum atomic E-state index is 13.5. The first kappa shape index (κ1) is 18.2. The number of aromatic amines is 1. The molecule has 0 aliphatic heterocycles. The second-order valence-electron chi connectivity index (χ2n) is 8.89. The smallest absolute Gasteiger partial charge is 0.272 e. The molecule has 3 heterocycles. The van der Waals surface area contributed by atoms with E-state index in [1.54, 1.807) is 6.07 Å². The van der Waals surface area contributed by atoms with E-state index in [1.807, 2.05) is 24.3 Å². The normalized spacial score (nSPS) is 24.8. The van der Waals surface area contributed by atoms with Gasteiger partial charge in [0.25, 0.3) is 11.5 Å². The molecule has 0 bridgehead atoms. The second-order valence-corrected chi connectivity index (χ2v) is 8.89. The van der Waals surface area contributed by atoms with Gasteiger partial charge in [-0.15, -0.1) is 0 Å². The summed E-state index contributed by atoms with van der Waals surface area (Å²) in [5.74, 6) is -0.326. The summed E-state index contributed by atoms with van der Waals surface area (Å²) in [4.78, 5) is 28.9. The Bertz CT molecular complexity index is 1390. The van der Waals surface area contributed by atoms with Crippen molar-refractivity contribution in [3.05, 3.63) is 76.4 Å². The second kappa shape index (κ2) is 6.47. The van der Waals surface area contributed by atoms with Crippen molar-refractivity contribution >= 4 is 22.3 Å². The highest BCUT2D eigenvalue weighted by molar-refractivity contribution is 5.93. The van der Waals surface area contributed by atoms with Gasteiger partial charge in [0.15, 0.2) is 0 Å². The Morgan fingerprint density at radius 3 is 2.71 bits per heavy atom. The number of carbonyl (C=O) groups is 1. The molecule has 8 heteroatoms. The predicted molar refractivity (Wildman–Crippen MR) is 112 cm³/mol. The van der Waals surface area contributed by atoms with Crippen LogP contribution in [0.5, 0.6) is 0 Å². The van der Waals surface area contributed by atoms with Gasteiger partial charge in [0, 0.05) is 23.5 Å². The molecule has 1 aromatic carbocycles. The van der Waals surface area contributed by atoms with Crippen LogP contribution in [0.15, 0.2) is 53.6 Å². The van der Waals surface area contributed by atoms with Crippen molar-refractivity contribution in [1.29, 1.82) is 0 Å². The van der Waals surface area contributed by atoms with Crippen LogP contribution in [0.2, 0.25) is 0 Å². The number of nitrogens with zero attached hydrogens (tertiary/aromatic N) is 3. The van der Waals surface area contributed by atoms with E-state index in [2.05, 4.69) is 20.5 Å². The number of amides is 1. The monoisotopic (exact) mass is 417 g/mol. The third-order valence-electron chi connectivity index (χ3n) is 6.87. The van der Waals surface area contributed by atoms with E-state index in [-0.39, 0.29) is 22.9 Å². The minimum atomic E-state index is -0.411. The van der Waals surface area contributed by atoms with Gasteiger partial charge in [-0.2, -0.15) is 5.10 Å². The summed E-state index contributed by atoms with van der Waals surface area (Å²) < 4.78 is 15.0. The maximum Gasteiger partial charge on any atom is 0.272 e. The highest BCUT2D eigenvalue weighted by atomic mass is 19.1. The number of benzene rings is 1. The van der Waals surface area contributed by atoms with Crippen molar-refractivity contribution in [3.8, 4) is 0 Å². The molecule has 3 aromatic heterocycles. The van der Waals surface area contributed by atoms with Crippen LogP contribution in [-0.4, -0.2) is 31.5 Å². The Balaban J connectivity index is 1.12. The number of nitrogens with one attached hydrogen (secondary N) is 2. The molecule has 1 amide bonds. The highest BCUT2D eigenvalue weighted by Crippen LogP contribution is 2.62. The lowest BCUT2D eigenvalue weighted by Crippen LogP contribution is -2.55. The fraction of sp³-hybridized carbons (Fsp3) is 0.304. The third-order valence-corrected chi connectivity index (χ3v) is 6.87. The number of carbonyl (C=O) groups excluding carboxylic acids is 1. The summed E-state index contributed by atoms with van der Waals surface area (Å²) in [5, 5.41) is 11.6. The average molecular weight is 417 g/mol. The summed E-state index contributed by atoms with van der Waals surface area (Å²) in [6.07, 6.45) is 6.60. The molecule has 2 N–H and O–H groups in total. The molecule has 31 heavy (non-hydrogen) atoms. The van der Waals surface area contributed by atoms with Gasteiger partial charge in [-0.1, -0.05) is 18.2 Å². The van der Waals surface area contributed by atoms with Crippen LogP contribution in [0.3, 0.4) is 0 Å². The summed E-state index contributed by atoms with van der Waals surface area (Å²) in [6.45, 7) is 0. The van der Waals surface area contributed by atoms with Gasteiger partial charge in [0.1, 0.15) is 17.2 Å². The van der Waals surface area contributed by atoms with Crippen molar-refractivity contribution in [1.82, 2.24) is 24.9 Å². The SMILES string of the molecule is O=C(N[C@H]1CC2(C1)C[C@H](c1n[nH]c(=O)c3ccccc31)C2)c1cnc2ccc(F)cn12. The fourth-order valence-electron chi connectivity index (χ4n) is 5.43. The van der Waals surface area contributed by atoms with Crippen LogP contribution in [0.25, 0.3) is 16.4 Å². The quantitative estimate of drug-likeness (QED) is 0.536. The zero-order valence-electron chi connectivity index (χ0n) is 16.6. The summed E-state index contributed by atoms with van der Waals surface area (Å²) >= 11 is 0. The summed E-state index contributed by atoms with van der Waals surface area (Å²) in [6, 6.07) is 10.6. The molecule has 2 fully saturated rings. The van der Waals surface area contributed by atoms with Crippen LogP contribution in [-0.2, 0) is 0 Å². The van der Waals surface area contributed by atoms with Crippen molar-refractivity contribution in [2.45, 2.75) is 37.6 Å². The molecular formula is C23H20FN5O2. The van der Waals surface area contributed by atoms with E-state index in [0.717, 1.165) is 36.8 Å². The first-order valence-electron chi connectivity index (χ1n) is 10.4. The number of aromatic nitrogens is 4. The van der Waals surface area contributed by atoms with Crippen molar-refractivity contribution in [2.24, 2.45) is 5.41 Å². The van der Waals surface area contributed by atoms with E-state index in [9.17, 15) is 14.0 Å². The molecule has 0 radical (unpaired) electrons. The molecule has 2 aliphatic carbocycles. The minimum absolute atomic E-state index is 0.104. The Labute approximate surface area is 176 Å². The molecule has 0 unspecified atom stereocenters. The standard InChI is InChI=1S/C23H20FN5O2/c24-14-5-6-19-25-11-18(29(19)12-14)22(31)26-15-9-23(10-15)7-13(8-23)20-16-3-1-2-4-17(16)21(30)28-27-20/h1-6,11-13,15H,7-10H2,(H,26,31)(H,28,30)/t13-,15-,23?. The van der Waals surface area contributed by atoms with Gasteiger partial charge in [-0.25, -0.2) is 14.5 Å². The third kappa shape index (κ3) is 2.85. The fourth-order valence-corrected chi connectivity index (χ4v) is 5.43. The topological polar surface area (TPSA) is 92.1 Å². The molecule has 2 aliphatic rings. The highest BCUT2D eigenvalue weighted by Gasteiger charge is 2.54. The predicted octanol–water partition coefficient (Wildman–Crippen LogP) is 3.17. The van der Waals surface area contributed by atoms with Crippen LogP contribution in [0.4, 0.5) is 4.39 Å². The summed E-state index contributed by atoms with van der Waals surface area (Å²) in [7, 11) is 0. The molecule has 0 atom stereocenters. The van der Waals surface area contributed by atoms with E-state index in [0.29, 0.717) is 22.6 Å². The number of pyridine rings is 1. The van der Waals surface area contributed by atoms with Gasteiger partial charge < -0.3 is 5.32 Å². The van der Waals surface area contributed by atoms with Gasteiger partial charge in [-0.3, -0.25) is 14.0 Å². The average Bonchev–Trinajstić information content (AvgIpc) is 3.13. The Morgan fingerprint density at radius 2 is 1.90 bits per heavy atom. The van der Waals surface area contributed by atoms with Gasteiger partial charge in [0.2, 0.25) is 0 Å². The van der Waals surface area contributed by atoms with Crippen LogP contribution in [0.1, 0.15) is 47.8 Å². The molecule has 1 spiro atoms. The lowest BCUT2D eigenvalue weighted by atomic mass is 9.49. The van der Waals surface area contributed by atoms with E-state index in [1.165, 1.54) is 22.9 Å². The molecular weight excluding hydrogens is 397 g/mol. The number of hydrogen-bond acceptors (Lipinski definition) is 4. The number of imidazole rings is 1. The van der Waals surface area contributed by atoms with E-state index >= 15 is 0 Å². The Kier molecular flexibility index (Phi) is 3.81. The van der Waals surface area contributed by atoms with Crippen LogP contribution >= 0.6 is 0 Å². The van der Waals surface area contributed by atoms with Gasteiger partial charge in [-0.05, 0) is 49.3 Å². The molecule has 4 aromatic rings. The minimum Gasteiger partial charge on any atom is -0.348 e. The number of fused-ring (bicyclic) bond motifs is 2. The van der Waals surface area contributed by atoms with Gasteiger partial charge >= 0.3 is 0 Å². The molecule has 156 valence electrons. The number of halogens is 1. The lowest BCUT2D eigenvalue weighted by molar-refractivity contribution is -0.0197. The zero-order chi connectivity index (χ0) is 21.2. The van der Waals surface area contributed by atoms with E-state index < -0.39 is 5.82 Å². The first-order valence-corrected chi connectivity index (χ1v) is 10.4. The first-order chi connectivity index (χ1) is 15.0. The van der Waals surface area contributed by atoms with Crippen LogP contribution < -0.4 is 10.9 Å². The largest absolute Gasteiger partial charge is 0.348 e. The molecule has 7 nitrogen and oxygen atoms in total. The van der Waals surface area contributed by atoms with Crippen molar-refractivity contribution in [3.63, 3.8) is 0 Å². The molecule has 2 saturated carbocycles.